The van der Waals surface area contributed by atoms with Crippen LogP contribution in [0, 0.1) is 0 Å². The van der Waals surface area contributed by atoms with E-state index in [9.17, 15) is 9.59 Å². The number of carbonyl (C=O) groups is 2. The average molecular weight is 481 g/mol. The number of primary amides is 1. The lowest BCUT2D eigenvalue weighted by Crippen LogP contribution is -2.45. The Hall–Kier alpha value is -4.10. The van der Waals surface area contributed by atoms with E-state index in [1.54, 1.807) is 23.9 Å². The van der Waals surface area contributed by atoms with E-state index in [1.807, 2.05) is 72.9 Å². The first-order chi connectivity index (χ1) is 17.1. The van der Waals surface area contributed by atoms with Crippen LogP contribution in [0.4, 0.5) is 0 Å². The number of aromatic amines is 1. The number of amides is 2. The highest BCUT2D eigenvalue weighted by Gasteiger charge is 2.21. The van der Waals surface area contributed by atoms with Crippen LogP contribution in [0.3, 0.4) is 0 Å². The van der Waals surface area contributed by atoms with Gasteiger partial charge in [-0.2, -0.15) is 0 Å². The van der Waals surface area contributed by atoms with Crippen LogP contribution < -0.4 is 11.1 Å². The maximum atomic E-state index is 12.8. The predicted molar refractivity (Wildman–Crippen MR) is 140 cm³/mol. The van der Waals surface area contributed by atoms with Crippen LogP contribution in [0.25, 0.3) is 21.8 Å². The van der Waals surface area contributed by atoms with Gasteiger partial charge in [0.2, 0.25) is 5.91 Å². The summed E-state index contributed by atoms with van der Waals surface area (Å²) >= 11 is 1.64. The molecule has 2 amide bonds. The molecule has 0 spiro atoms. The summed E-state index contributed by atoms with van der Waals surface area (Å²) < 4.78 is 0. The Balaban J connectivity index is 1.22. The Bertz CT molecular complexity index is 1510. The molecule has 7 heteroatoms. The first kappa shape index (κ1) is 22.7. The van der Waals surface area contributed by atoms with Crippen LogP contribution in [0.2, 0.25) is 0 Å². The number of H-pyrrole nitrogens is 1. The maximum Gasteiger partial charge on any atom is 0.251 e. The lowest BCUT2D eigenvalue weighted by molar-refractivity contribution is -0.119. The van der Waals surface area contributed by atoms with Gasteiger partial charge in [0, 0.05) is 40.2 Å². The fraction of sp³-hybridized carbons (Fsp3) is 0.107. The zero-order valence-electron chi connectivity index (χ0n) is 18.9. The van der Waals surface area contributed by atoms with Crippen LogP contribution >= 0.6 is 11.8 Å². The summed E-state index contributed by atoms with van der Waals surface area (Å²) in [5.41, 5.74) is 10.0. The molecule has 5 rings (SSSR count). The highest BCUT2D eigenvalue weighted by Crippen LogP contribution is 2.24. The van der Waals surface area contributed by atoms with Crippen molar-refractivity contribution in [3.05, 3.63) is 108 Å². The van der Waals surface area contributed by atoms with E-state index < -0.39 is 11.9 Å². The normalized spacial score (nSPS) is 12.0. The molecule has 4 N–H and O–H groups in total. The van der Waals surface area contributed by atoms with Gasteiger partial charge in [-0.15, -0.1) is 11.8 Å². The smallest absolute Gasteiger partial charge is 0.251 e. The van der Waals surface area contributed by atoms with Gasteiger partial charge in [-0.25, -0.2) is 4.98 Å². The quantitative estimate of drug-likeness (QED) is 0.277. The molecule has 0 aliphatic heterocycles. The Morgan fingerprint density at radius 3 is 2.54 bits per heavy atom. The molecule has 0 saturated carbocycles. The van der Waals surface area contributed by atoms with Crippen molar-refractivity contribution in [3.63, 3.8) is 0 Å². The number of pyridine rings is 1. The van der Waals surface area contributed by atoms with Crippen molar-refractivity contribution in [2.75, 3.05) is 0 Å². The number of hydrogen-bond acceptors (Lipinski definition) is 4. The standard InChI is InChI=1S/C28H24N4O2S/c29-27(33)25(15-21-16-30-24-8-4-2-6-22(21)24)32-28(34)20-11-9-18(10-12-20)17-35-26-14-13-19-5-1-3-7-23(19)31-26/h1-14,16,25,30H,15,17H2,(H2,29,33)(H,32,34)/t25-/m0/s1. The molecule has 0 unspecified atom stereocenters. The number of nitrogens with one attached hydrogen (secondary N) is 2. The second-order valence-corrected chi connectivity index (χ2v) is 9.32. The minimum absolute atomic E-state index is 0.318. The third kappa shape index (κ3) is 5.20. The average Bonchev–Trinajstić information content (AvgIpc) is 3.30. The van der Waals surface area contributed by atoms with E-state index in [0.717, 1.165) is 43.7 Å². The number of rotatable bonds is 8. The van der Waals surface area contributed by atoms with Crippen molar-refractivity contribution in [3.8, 4) is 0 Å². The van der Waals surface area contributed by atoms with Gasteiger partial charge >= 0.3 is 0 Å². The third-order valence-electron chi connectivity index (χ3n) is 5.92. The molecule has 0 saturated heterocycles. The highest BCUT2D eigenvalue weighted by atomic mass is 32.2. The molecule has 0 aliphatic rings. The second kappa shape index (κ2) is 10.0. The molecule has 3 aromatic carbocycles. The zero-order chi connectivity index (χ0) is 24.2. The van der Waals surface area contributed by atoms with Crippen LogP contribution in [0.1, 0.15) is 21.5 Å². The molecule has 174 valence electrons. The molecule has 6 nitrogen and oxygen atoms in total. The molecule has 0 aliphatic carbocycles. The molecular formula is C28H24N4O2S. The van der Waals surface area contributed by atoms with Crippen molar-refractivity contribution in [2.24, 2.45) is 5.73 Å². The zero-order valence-corrected chi connectivity index (χ0v) is 19.7. The van der Waals surface area contributed by atoms with Crippen molar-refractivity contribution < 1.29 is 9.59 Å². The summed E-state index contributed by atoms with van der Waals surface area (Å²) in [5.74, 6) is -0.166. The monoisotopic (exact) mass is 480 g/mol. The van der Waals surface area contributed by atoms with Crippen molar-refractivity contribution in [2.45, 2.75) is 23.2 Å². The molecule has 0 radical (unpaired) electrons. The number of nitrogens with zero attached hydrogens (tertiary/aromatic N) is 1. The van der Waals surface area contributed by atoms with E-state index in [2.05, 4.69) is 21.4 Å². The van der Waals surface area contributed by atoms with E-state index >= 15 is 0 Å². The van der Waals surface area contributed by atoms with Crippen molar-refractivity contribution in [1.29, 1.82) is 0 Å². The van der Waals surface area contributed by atoms with Gasteiger partial charge in [0.1, 0.15) is 6.04 Å². The third-order valence-corrected chi connectivity index (χ3v) is 6.92. The van der Waals surface area contributed by atoms with Crippen LogP contribution in [-0.2, 0) is 17.0 Å². The Kier molecular flexibility index (Phi) is 6.50. The number of benzene rings is 3. The predicted octanol–water partition coefficient (Wildman–Crippen LogP) is 4.83. The largest absolute Gasteiger partial charge is 0.368 e. The summed E-state index contributed by atoms with van der Waals surface area (Å²) in [6.45, 7) is 0. The second-order valence-electron chi connectivity index (χ2n) is 8.32. The molecule has 0 bridgehead atoms. The summed E-state index contributed by atoms with van der Waals surface area (Å²) in [6, 6.07) is 26.5. The summed E-state index contributed by atoms with van der Waals surface area (Å²) in [6.07, 6.45) is 2.17. The van der Waals surface area contributed by atoms with Gasteiger partial charge in [-0.3, -0.25) is 9.59 Å². The molecular weight excluding hydrogens is 456 g/mol. The molecule has 1 atom stereocenters. The van der Waals surface area contributed by atoms with Gasteiger partial charge in [0.25, 0.3) is 5.91 Å². The number of aromatic nitrogens is 2. The SMILES string of the molecule is NC(=O)[C@H](Cc1c[nH]c2ccccc12)NC(=O)c1ccc(CSc2ccc3ccccc3n2)cc1. The summed E-state index contributed by atoms with van der Waals surface area (Å²) in [5, 5.41) is 5.87. The topological polar surface area (TPSA) is 101 Å². The fourth-order valence-corrected chi connectivity index (χ4v) is 4.86. The van der Waals surface area contributed by atoms with Gasteiger partial charge < -0.3 is 16.0 Å². The molecule has 2 heterocycles. The van der Waals surface area contributed by atoms with Crippen LogP contribution in [0.5, 0.6) is 0 Å². The maximum absolute atomic E-state index is 12.8. The summed E-state index contributed by atoms with van der Waals surface area (Å²) in [7, 11) is 0. The Labute approximate surface area is 206 Å². The lowest BCUT2D eigenvalue weighted by Gasteiger charge is -2.15. The molecule has 35 heavy (non-hydrogen) atoms. The minimum Gasteiger partial charge on any atom is -0.368 e. The van der Waals surface area contributed by atoms with E-state index in [4.69, 9.17) is 5.73 Å². The first-order valence-electron chi connectivity index (χ1n) is 11.3. The highest BCUT2D eigenvalue weighted by molar-refractivity contribution is 7.98. The molecule has 5 aromatic rings. The number of thioether (sulfide) groups is 1. The Morgan fingerprint density at radius 1 is 0.943 bits per heavy atom. The van der Waals surface area contributed by atoms with Crippen molar-refractivity contribution in [1.82, 2.24) is 15.3 Å². The summed E-state index contributed by atoms with van der Waals surface area (Å²) in [4.78, 5) is 32.8. The van der Waals surface area contributed by atoms with Gasteiger partial charge in [-0.1, -0.05) is 54.6 Å². The molecule has 0 fully saturated rings. The lowest BCUT2D eigenvalue weighted by atomic mass is 10.0. The fourth-order valence-electron chi connectivity index (χ4n) is 4.02. The van der Waals surface area contributed by atoms with Crippen molar-refractivity contribution >= 4 is 45.4 Å². The van der Waals surface area contributed by atoms with E-state index in [0.29, 0.717) is 12.0 Å². The van der Waals surface area contributed by atoms with Gasteiger partial charge in [0.05, 0.1) is 10.5 Å². The van der Waals surface area contributed by atoms with Crippen LogP contribution in [0.15, 0.2) is 96.2 Å². The number of hydrogen-bond donors (Lipinski definition) is 3. The number of carbonyl (C=O) groups excluding carboxylic acids is 2. The van der Waals surface area contributed by atoms with E-state index in [-0.39, 0.29) is 5.91 Å². The first-order valence-corrected chi connectivity index (χ1v) is 12.3. The van der Waals surface area contributed by atoms with E-state index in [1.165, 1.54) is 0 Å². The number of para-hydroxylation sites is 2. The number of nitrogens with two attached hydrogens (primary N) is 1. The van der Waals surface area contributed by atoms with Gasteiger partial charge in [0.15, 0.2) is 0 Å². The minimum atomic E-state index is -0.809. The number of fused-ring (bicyclic) bond motifs is 2. The van der Waals surface area contributed by atoms with Crippen LogP contribution in [-0.4, -0.2) is 27.8 Å². The van der Waals surface area contributed by atoms with Gasteiger partial charge in [-0.05, 0) is 41.5 Å². The molecule has 2 aromatic heterocycles. The Morgan fingerprint density at radius 2 is 1.71 bits per heavy atom.